The van der Waals surface area contributed by atoms with Gasteiger partial charge in [0.15, 0.2) is 4.08 Å². The molecule has 0 bridgehead atoms. The Hall–Kier alpha value is -0.650. The molecule has 1 fully saturated rings. The van der Waals surface area contributed by atoms with Crippen molar-refractivity contribution in [2.75, 3.05) is 18.1 Å². The van der Waals surface area contributed by atoms with Gasteiger partial charge in [-0.05, 0) is 25.3 Å². The lowest BCUT2D eigenvalue weighted by Crippen LogP contribution is -2.43. The van der Waals surface area contributed by atoms with Gasteiger partial charge in [0.2, 0.25) is 0 Å². The molecule has 1 aromatic carbocycles. The number of carbonyl (C=O) groups is 1. The highest BCUT2D eigenvalue weighted by atomic mass is 32.2. The highest BCUT2D eigenvalue weighted by Crippen LogP contribution is 2.48. The first kappa shape index (κ1) is 15.7. The number of esters is 1. The predicted molar refractivity (Wildman–Crippen MR) is 85.0 cm³/mol. The Morgan fingerprint density at radius 3 is 2.60 bits per heavy atom. The van der Waals surface area contributed by atoms with Gasteiger partial charge in [-0.15, -0.1) is 23.5 Å². The molecule has 0 aliphatic carbocycles. The molecule has 0 aromatic heterocycles. The minimum atomic E-state index is -0.829. The van der Waals surface area contributed by atoms with Crippen LogP contribution in [-0.2, 0) is 16.0 Å². The van der Waals surface area contributed by atoms with Crippen LogP contribution in [0.1, 0.15) is 18.9 Å². The fourth-order valence-corrected chi connectivity index (χ4v) is 5.32. The lowest BCUT2D eigenvalue weighted by atomic mass is 10.0. The maximum Gasteiger partial charge on any atom is 0.335 e. The van der Waals surface area contributed by atoms with Gasteiger partial charge < -0.3 is 9.84 Å². The minimum absolute atomic E-state index is 0.284. The fourth-order valence-electron chi connectivity index (χ4n) is 2.24. The third-order valence-electron chi connectivity index (χ3n) is 3.26. The molecule has 0 amide bonds. The molecule has 1 saturated heterocycles. The van der Waals surface area contributed by atoms with E-state index < -0.39 is 10.2 Å². The molecule has 20 heavy (non-hydrogen) atoms. The number of ether oxygens (including phenoxy) is 1. The smallest absolute Gasteiger partial charge is 0.335 e. The maximum atomic E-state index is 12.2. The van der Waals surface area contributed by atoms with Gasteiger partial charge in [-0.3, -0.25) is 0 Å². The van der Waals surface area contributed by atoms with Crippen molar-refractivity contribution < 1.29 is 14.6 Å². The van der Waals surface area contributed by atoms with E-state index in [0.717, 1.165) is 17.9 Å². The second-order valence-electron chi connectivity index (χ2n) is 4.62. The Balaban J connectivity index is 2.00. The molecule has 0 unspecified atom stereocenters. The molecule has 1 heterocycles. The molecule has 2 rings (SSSR count). The van der Waals surface area contributed by atoms with Crippen molar-refractivity contribution in [3.63, 3.8) is 0 Å². The van der Waals surface area contributed by atoms with Crippen molar-refractivity contribution >= 4 is 29.5 Å². The van der Waals surface area contributed by atoms with Gasteiger partial charge in [-0.2, -0.15) is 0 Å². The summed E-state index contributed by atoms with van der Waals surface area (Å²) in [5.74, 6) is 1.48. The average molecular weight is 312 g/mol. The zero-order valence-corrected chi connectivity index (χ0v) is 13.2. The number of hydrogen-bond acceptors (Lipinski definition) is 5. The fraction of sp³-hybridized carbons (Fsp3) is 0.533. The molecular formula is C15H20O3S2. The number of hydrogen-bond donors (Lipinski definition) is 1. The highest BCUT2D eigenvalue weighted by molar-refractivity contribution is 8.22. The van der Waals surface area contributed by atoms with Crippen LogP contribution in [0.25, 0.3) is 0 Å². The van der Waals surface area contributed by atoms with Gasteiger partial charge in [0.25, 0.3) is 0 Å². The summed E-state index contributed by atoms with van der Waals surface area (Å²) in [5, 5.41) is 10.5. The number of aliphatic hydroxyl groups excluding tert-OH is 1. The Morgan fingerprint density at radius 1 is 1.35 bits per heavy atom. The molecule has 1 atom stereocenters. The Bertz CT molecular complexity index is 430. The van der Waals surface area contributed by atoms with E-state index in [1.165, 1.54) is 29.1 Å². The van der Waals surface area contributed by atoms with Gasteiger partial charge in [-0.1, -0.05) is 30.3 Å². The summed E-state index contributed by atoms with van der Waals surface area (Å²) < 4.78 is 4.33. The first-order valence-electron chi connectivity index (χ1n) is 6.86. The van der Waals surface area contributed by atoms with Crippen LogP contribution >= 0.6 is 23.5 Å². The zero-order valence-electron chi connectivity index (χ0n) is 11.6. The van der Waals surface area contributed by atoms with Gasteiger partial charge in [-0.25, -0.2) is 4.79 Å². The van der Waals surface area contributed by atoms with E-state index in [9.17, 15) is 9.90 Å². The third-order valence-corrected chi connectivity index (χ3v) is 6.78. The second-order valence-corrected chi connectivity index (χ2v) is 7.57. The second kappa shape index (κ2) is 7.38. The molecule has 0 spiro atoms. The third kappa shape index (κ3) is 3.51. The monoisotopic (exact) mass is 312 g/mol. The SMILES string of the molecule is CCOC(=O)C1([C@H](O)CCc2ccccc2)SCCS1. The Labute approximate surface area is 128 Å². The number of carbonyl (C=O) groups excluding carboxylic acids is 1. The van der Waals surface area contributed by atoms with Crippen molar-refractivity contribution in [3.05, 3.63) is 35.9 Å². The Kier molecular flexibility index (Phi) is 5.81. The van der Waals surface area contributed by atoms with E-state index in [1.54, 1.807) is 6.92 Å². The summed E-state index contributed by atoms with van der Waals surface area (Å²) in [6.45, 7) is 2.15. The quantitative estimate of drug-likeness (QED) is 0.818. The van der Waals surface area contributed by atoms with E-state index in [-0.39, 0.29) is 5.97 Å². The van der Waals surface area contributed by atoms with Crippen molar-refractivity contribution in [2.24, 2.45) is 0 Å². The largest absolute Gasteiger partial charge is 0.464 e. The van der Waals surface area contributed by atoms with Crippen LogP contribution in [0.2, 0.25) is 0 Å². The first-order valence-corrected chi connectivity index (χ1v) is 8.83. The number of aliphatic hydroxyl groups is 1. The topological polar surface area (TPSA) is 46.5 Å². The molecular weight excluding hydrogens is 292 g/mol. The first-order chi connectivity index (χ1) is 9.69. The van der Waals surface area contributed by atoms with Crippen LogP contribution in [0, 0.1) is 0 Å². The maximum absolute atomic E-state index is 12.2. The molecule has 1 N–H and O–H groups in total. The van der Waals surface area contributed by atoms with E-state index in [1.807, 2.05) is 30.3 Å². The van der Waals surface area contributed by atoms with Crippen LogP contribution in [0.3, 0.4) is 0 Å². The van der Waals surface area contributed by atoms with Crippen LogP contribution in [0.4, 0.5) is 0 Å². The van der Waals surface area contributed by atoms with Crippen LogP contribution in [-0.4, -0.2) is 39.4 Å². The summed E-state index contributed by atoms with van der Waals surface area (Å²) in [5.41, 5.74) is 1.18. The molecule has 5 heteroatoms. The lowest BCUT2D eigenvalue weighted by molar-refractivity contribution is -0.145. The number of aryl methyl sites for hydroxylation is 1. The normalized spacial score (nSPS) is 18.7. The summed E-state index contributed by atoms with van der Waals surface area (Å²) in [4.78, 5) is 12.2. The van der Waals surface area contributed by atoms with E-state index in [4.69, 9.17) is 4.74 Å². The van der Waals surface area contributed by atoms with Gasteiger partial charge in [0.05, 0.1) is 12.7 Å². The molecule has 0 radical (unpaired) electrons. The van der Waals surface area contributed by atoms with E-state index in [2.05, 4.69) is 0 Å². The van der Waals surface area contributed by atoms with E-state index in [0.29, 0.717) is 13.0 Å². The molecule has 110 valence electrons. The summed E-state index contributed by atoms with van der Waals surface area (Å²) >= 11 is 3.04. The van der Waals surface area contributed by atoms with Gasteiger partial charge in [0, 0.05) is 11.5 Å². The standard InChI is InChI=1S/C15H20O3S2/c1-2-18-14(17)15(19-10-11-20-15)13(16)9-8-12-6-4-3-5-7-12/h3-7,13,16H,2,8-11H2,1H3/t13-/m1/s1. The van der Waals surface area contributed by atoms with Crippen LogP contribution in [0.15, 0.2) is 30.3 Å². The van der Waals surface area contributed by atoms with Crippen molar-refractivity contribution in [3.8, 4) is 0 Å². The van der Waals surface area contributed by atoms with Crippen molar-refractivity contribution in [2.45, 2.75) is 29.9 Å². The summed E-state index contributed by atoms with van der Waals surface area (Å²) in [7, 11) is 0. The molecule has 3 nitrogen and oxygen atoms in total. The number of benzene rings is 1. The minimum Gasteiger partial charge on any atom is -0.464 e. The lowest BCUT2D eigenvalue weighted by Gasteiger charge is -2.30. The van der Waals surface area contributed by atoms with Crippen LogP contribution < -0.4 is 0 Å². The van der Waals surface area contributed by atoms with Crippen molar-refractivity contribution in [1.82, 2.24) is 0 Å². The molecule has 1 aromatic rings. The van der Waals surface area contributed by atoms with Crippen molar-refractivity contribution in [1.29, 1.82) is 0 Å². The molecule has 1 aliphatic rings. The van der Waals surface area contributed by atoms with Gasteiger partial charge >= 0.3 is 5.97 Å². The summed E-state index contributed by atoms with van der Waals surface area (Å²) in [6, 6.07) is 10.0. The number of rotatable bonds is 6. The highest BCUT2D eigenvalue weighted by Gasteiger charge is 2.50. The van der Waals surface area contributed by atoms with E-state index >= 15 is 0 Å². The van der Waals surface area contributed by atoms with Crippen LogP contribution in [0.5, 0.6) is 0 Å². The average Bonchev–Trinajstić information content (AvgIpc) is 2.97. The molecule has 1 aliphatic heterocycles. The Morgan fingerprint density at radius 2 is 2.00 bits per heavy atom. The summed E-state index contributed by atoms with van der Waals surface area (Å²) in [6.07, 6.45) is 0.659. The number of thioether (sulfide) groups is 2. The van der Waals surface area contributed by atoms with Gasteiger partial charge in [0.1, 0.15) is 0 Å². The zero-order chi connectivity index (χ0) is 14.4. The molecule has 0 saturated carbocycles. The predicted octanol–water partition coefficient (Wildman–Crippen LogP) is 2.72.